The highest BCUT2D eigenvalue weighted by Crippen LogP contribution is 2.29. The SMILES string of the molecule is CC(=O)N1CCc2cc(C(=O)NC(C)c3ccc(Cl)cc3)ccc21. The largest absolute Gasteiger partial charge is 0.346 e. The topological polar surface area (TPSA) is 49.4 Å². The van der Waals surface area contributed by atoms with E-state index in [-0.39, 0.29) is 17.9 Å². The molecule has 2 amide bonds. The Morgan fingerprint density at radius 3 is 2.54 bits per heavy atom. The van der Waals surface area contributed by atoms with Crippen LogP contribution in [0.3, 0.4) is 0 Å². The van der Waals surface area contributed by atoms with Crippen LogP contribution in [0.4, 0.5) is 5.69 Å². The molecular formula is C19H19ClN2O2. The molecule has 5 heteroatoms. The first-order valence-electron chi connectivity index (χ1n) is 7.93. The zero-order valence-corrected chi connectivity index (χ0v) is 14.4. The summed E-state index contributed by atoms with van der Waals surface area (Å²) in [6.07, 6.45) is 0.781. The molecule has 0 spiro atoms. The van der Waals surface area contributed by atoms with Gasteiger partial charge in [-0.25, -0.2) is 0 Å². The highest BCUT2D eigenvalue weighted by atomic mass is 35.5. The Balaban J connectivity index is 1.74. The molecule has 0 aliphatic carbocycles. The van der Waals surface area contributed by atoms with Crippen molar-refractivity contribution in [2.45, 2.75) is 26.3 Å². The van der Waals surface area contributed by atoms with E-state index < -0.39 is 0 Å². The summed E-state index contributed by atoms with van der Waals surface area (Å²) in [6, 6.07) is 12.8. The fraction of sp³-hybridized carbons (Fsp3) is 0.263. The molecule has 3 rings (SSSR count). The van der Waals surface area contributed by atoms with Crippen molar-refractivity contribution in [3.8, 4) is 0 Å². The lowest BCUT2D eigenvalue weighted by Gasteiger charge is -2.16. The minimum Gasteiger partial charge on any atom is -0.346 e. The van der Waals surface area contributed by atoms with E-state index in [0.29, 0.717) is 17.1 Å². The summed E-state index contributed by atoms with van der Waals surface area (Å²) in [5, 5.41) is 3.67. The third kappa shape index (κ3) is 3.29. The van der Waals surface area contributed by atoms with E-state index in [0.717, 1.165) is 23.2 Å². The number of carbonyl (C=O) groups excluding carboxylic acids is 2. The van der Waals surface area contributed by atoms with Gasteiger partial charge in [-0.2, -0.15) is 0 Å². The van der Waals surface area contributed by atoms with Crippen LogP contribution in [0, 0.1) is 0 Å². The van der Waals surface area contributed by atoms with Crippen molar-refractivity contribution in [2.24, 2.45) is 0 Å². The summed E-state index contributed by atoms with van der Waals surface area (Å²) in [6.45, 7) is 4.17. The molecule has 2 aromatic rings. The van der Waals surface area contributed by atoms with Crippen LogP contribution in [-0.2, 0) is 11.2 Å². The molecule has 1 aliphatic heterocycles. The first kappa shape index (κ1) is 16.5. The maximum Gasteiger partial charge on any atom is 0.251 e. The molecule has 24 heavy (non-hydrogen) atoms. The molecule has 1 N–H and O–H groups in total. The van der Waals surface area contributed by atoms with E-state index >= 15 is 0 Å². The summed E-state index contributed by atoms with van der Waals surface area (Å²) in [5.41, 5.74) is 3.55. The van der Waals surface area contributed by atoms with Crippen LogP contribution in [-0.4, -0.2) is 18.4 Å². The Morgan fingerprint density at radius 2 is 1.88 bits per heavy atom. The molecule has 0 radical (unpaired) electrons. The zero-order valence-electron chi connectivity index (χ0n) is 13.7. The monoisotopic (exact) mass is 342 g/mol. The molecule has 0 saturated carbocycles. The molecule has 2 aromatic carbocycles. The number of halogens is 1. The van der Waals surface area contributed by atoms with Crippen molar-refractivity contribution in [3.05, 3.63) is 64.2 Å². The average Bonchev–Trinajstić information content (AvgIpc) is 2.98. The van der Waals surface area contributed by atoms with E-state index in [1.807, 2.05) is 43.3 Å². The summed E-state index contributed by atoms with van der Waals surface area (Å²) < 4.78 is 0. The maximum atomic E-state index is 12.5. The number of fused-ring (bicyclic) bond motifs is 1. The Kier molecular flexibility index (Phi) is 4.58. The van der Waals surface area contributed by atoms with Crippen molar-refractivity contribution in [2.75, 3.05) is 11.4 Å². The third-order valence-electron chi connectivity index (χ3n) is 4.33. The van der Waals surface area contributed by atoms with Crippen LogP contribution in [0.1, 0.15) is 41.4 Å². The van der Waals surface area contributed by atoms with E-state index in [1.54, 1.807) is 17.9 Å². The van der Waals surface area contributed by atoms with Gasteiger partial charge in [-0.1, -0.05) is 23.7 Å². The first-order chi connectivity index (χ1) is 11.5. The number of nitrogens with zero attached hydrogens (tertiary/aromatic N) is 1. The van der Waals surface area contributed by atoms with Crippen LogP contribution in [0.5, 0.6) is 0 Å². The minimum atomic E-state index is -0.124. The van der Waals surface area contributed by atoms with Gasteiger partial charge in [0.15, 0.2) is 0 Å². The fourth-order valence-corrected chi connectivity index (χ4v) is 3.11. The second-order valence-electron chi connectivity index (χ2n) is 6.01. The number of nitrogens with one attached hydrogen (secondary N) is 1. The van der Waals surface area contributed by atoms with Crippen LogP contribution in [0.25, 0.3) is 0 Å². The molecule has 1 aliphatic rings. The summed E-state index contributed by atoms with van der Waals surface area (Å²) in [7, 11) is 0. The molecule has 124 valence electrons. The maximum absolute atomic E-state index is 12.5. The van der Waals surface area contributed by atoms with Crippen LogP contribution in [0.15, 0.2) is 42.5 Å². The quantitative estimate of drug-likeness (QED) is 0.923. The molecule has 0 saturated heterocycles. The lowest BCUT2D eigenvalue weighted by Crippen LogP contribution is -2.27. The fourth-order valence-electron chi connectivity index (χ4n) is 2.98. The number of anilines is 1. The van der Waals surface area contributed by atoms with Gasteiger partial charge in [-0.15, -0.1) is 0 Å². The van der Waals surface area contributed by atoms with Gasteiger partial charge in [0.25, 0.3) is 5.91 Å². The molecule has 4 nitrogen and oxygen atoms in total. The smallest absolute Gasteiger partial charge is 0.251 e. The standard InChI is InChI=1S/C19H19ClN2O2/c1-12(14-3-6-17(20)7-4-14)21-19(24)16-5-8-18-15(11-16)9-10-22(18)13(2)23/h3-8,11-12H,9-10H2,1-2H3,(H,21,24). The molecule has 1 unspecified atom stereocenters. The number of amides is 2. The van der Waals surface area contributed by atoms with Gasteiger partial charge in [-0.05, 0) is 54.8 Å². The zero-order chi connectivity index (χ0) is 17.3. The lowest BCUT2D eigenvalue weighted by molar-refractivity contribution is -0.116. The average molecular weight is 343 g/mol. The second-order valence-corrected chi connectivity index (χ2v) is 6.45. The molecular weight excluding hydrogens is 324 g/mol. The molecule has 0 aromatic heterocycles. The van der Waals surface area contributed by atoms with E-state index in [9.17, 15) is 9.59 Å². The normalized spacial score (nSPS) is 14.2. The van der Waals surface area contributed by atoms with Gasteiger partial charge in [0.2, 0.25) is 5.91 Å². The summed E-state index contributed by atoms with van der Waals surface area (Å²) in [4.78, 5) is 25.8. The van der Waals surface area contributed by atoms with Gasteiger partial charge in [0, 0.05) is 29.7 Å². The van der Waals surface area contributed by atoms with Gasteiger partial charge in [0.05, 0.1) is 6.04 Å². The van der Waals surface area contributed by atoms with Gasteiger partial charge < -0.3 is 10.2 Å². The van der Waals surface area contributed by atoms with Gasteiger partial charge in [-0.3, -0.25) is 9.59 Å². The van der Waals surface area contributed by atoms with Crippen LogP contribution < -0.4 is 10.2 Å². The van der Waals surface area contributed by atoms with Crippen molar-refractivity contribution < 1.29 is 9.59 Å². The van der Waals surface area contributed by atoms with Gasteiger partial charge >= 0.3 is 0 Å². The molecule has 0 bridgehead atoms. The second kappa shape index (κ2) is 6.65. The Bertz CT molecular complexity index is 786. The Labute approximate surface area is 146 Å². The van der Waals surface area contributed by atoms with Crippen molar-refractivity contribution in [1.29, 1.82) is 0 Å². The van der Waals surface area contributed by atoms with Gasteiger partial charge in [0.1, 0.15) is 0 Å². The van der Waals surface area contributed by atoms with Crippen LogP contribution in [0.2, 0.25) is 5.02 Å². The first-order valence-corrected chi connectivity index (χ1v) is 8.31. The van der Waals surface area contributed by atoms with E-state index in [1.165, 1.54) is 0 Å². The van der Waals surface area contributed by atoms with Crippen molar-refractivity contribution in [3.63, 3.8) is 0 Å². The number of rotatable bonds is 3. The molecule has 1 heterocycles. The number of carbonyl (C=O) groups is 2. The van der Waals surface area contributed by atoms with E-state index in [2.05, 4.69) is 5.32 Å². The number of benzene rings is 2. The number of hydrogen-bond acceptors (Lipinski definition) is 2. The number of hydrogen-bond donors (Lipinski definition) is 1. The Hall–Kier alpha value is -2.33. The predicted octanol–water partition coefficient (Wildman–Crippen LogP) is 3.74. The highest BCUT2D eigenvalue weighted by Gasteiger charge is 2.23. The van der Waals surface area contributed by atoms with Crippen LogP contribution >= 0.6 is 11.6 Å². The van der Waals surface area contributed by atoms with Crippen molar-refractivity contribution in [1.82, 2.24) is 5.32 Å². The minimum absolute atomic E-state index is 0.0299. The third-order valence-corrected chi connectivity index (χ3v) is 4.59. The highest BCUT2D eigenvalue weighted by molar-refractivity contribution is 6.30. The lowest BCUT2D eigenvalue weighted by atomic mass is 10.1. The molecule has 1 atom stereocenters. The summed E-state index contributed by atoms with van der Waals surface area (Å²) in [5.74, 6) is -0.0937. The van der Waals surface area contributed by atoms with E-state index in [4.69, 9.17) is 11.6 Å². The Morgan fingerprint density at radius 1 is 1.17 bits per heavy atom. The predicted molar refractivity (Wildman–Crippen MR) is 95.5 cm³/mol. The summed E-state index contributed by atoms with van der Waals surface area (Å²) >= 11 is 5.89. The van der Waals surface area contributed by atoms with Crippen molar-refractivity contribution >= 4 is 29.1 Å². The molecule has 0 fully saturated rings.